The molecule has 0 atom stereocenters. The van der Waals surface area contributed by atoms with Crippen molar-refractivity contribution < 1.29 is 4.74 Å². The standard InChI is InChI=1S/C16H32N2O/c1-14(2)10-17-12-16(6-8-19-9-7-16)13-18(3)11-15-4-5-15/h14-15,17H,4-13H2,1-3H3. The topological polar surface area (TPSA) is 24.5 Å². The second-order valence-electron chi connectivity index (χ2n) is 7.28. The summed E-state index contributed by atoms with van der Waals surface area (Å²) in [6.45, 7) is 11.3. The summed E-state index contributed by atoms with van der Waals surface area (Å²) in [4.78, 5) is 2.57. The van der Waals surface area contributed by atoms with Gasteiger partial charge in [0.1, 0.15) is 0 Å². The lowest BCUT2D eigenvalue weighted by atomic mass is 9.79. The van der Waals surface area contributed by atoms with Crippen LogP contribution in [0.25, 0.3) is 0 Å². The molecule has 0 bridgehead atoms. The Kier molecular flexibility index (Phi) is 5.67. The fraction of sp³-hybridized carbons (Fsp3) is 1.00. The van der Waals surface area contributed by atoms with Crippen molar-refractivity contribution in [2.45, 2.75) is 39.5 Å². The predicted octanol–water partition coefficient (Wildman–Crippen LogP) is 2.37. The maximum atomic E-state index is 5.58. The summed E-state index contributed by atoms with van der Waals surface area (Å²) in [5.41, 5.74) is 0.441. The van der Waals surface area contributed by atoms with E-state index in [4.69, 9.17) is 4.74 Å². The first-order valence-electron chi connectivity index (χ1n) is 8.07. The van der Waals surface area contributed by atoms with E-state index < -0.39 is 0 Å². The molecule has 3 nitrogen and oxygen atoms in total. The van der Waals surface area contributed by atoms with Gasteiger partial charge in [-0.2, -0.15) is 0 Å². The molecule has 0 radical (unpaired) electrons. The lowest BCUT2D eigenvalue weighted by Crippen LogP contribution is -2.47. The average Bonchev–Trinajstić information content (AvgIpc) is 3.13. The van der Waals surface area contributed by atoms with Crippen LogP contribution in [0, 0.1) is 17.3 Å². The Morgan fingerprint density at radius 3 is 2.53 bits per heavy atom. The van der Waals surface area contributed by atoms with Crippen LogP contribution < -0.4 is 5.32 Å². The van der Waals surface area contributed by atoms with Gasteiger partial charge in [0.25, 0.3) is 0 Å². The lowest BCUT2D eigenvalue weighted by molar-refractivity contribution is -0.00132. The van der Waals surface area contributed by atoms with Crippen LogP contribution in [0.1, 0.15) is 39.5 Å². The minimum atomic E-state index is 0.441. The second kappa shape index (κ2) is 7.05. The third kappa shape index (κ3) is 5.41. The van der Waals surface area contributed by atoms with Gasteiger partial charge in [0.05, 0.1) is 0 Å². The van der Waals surface area contributed by atoms with Gasteiger partial charge in [0.15, 0.2) is 0 Å². The highest BCUT2D eigenvalue weighted by Crippen LogP contribution is 2.33. The van der Waals surface area contributed by atoms with Crippen LogP contribution in [0.3, 0.4) is 0 Å². The van der Waals surface area contributed by atoms with Crippen LogP contribution in [-0.2, 0) is 4.74 Å². The van der Waals surface area contributed by atoms with E-state index in [1.165, 1.54) is 38.8 Å². The van der Waals surface area contributed by atoms with E-state index in [0.717, 1.165) is 38.1 Å². The van der Waals surface area contributed by atoms with E-state index in [0.29, 0.717) is 5.41 Å². The number of hydrogen-bond acceptors (Lipinski definition) is 3. The Morgan fingerprint density at radius 1 is 1.26 bits per heavy atom. The number of hydrogen-bond donors (Lipinski definition) is 1. The zero-order chi connectivity index (χ0) is 13.7. The highest BCUT2D eigenvalue weighted by atomic mass is 16.5. The maximum Gasteiger partial charge on any atom is 0.0472 e. The van der Waals surface area contributed by atoms with E-state index in [1.807, 2.05) is 0 Å². The Bertz CT molecular complexity index is 257. The smallest absolute Gasteiger partial charge is 0.0472 e. The fourth-order valence-corrected chi connectivity index (χ4v) is 3.20. The van der Waals surface area contributed by atoms with Crippen LogP contribution >= 0.6 is 0 Å². The van der Waals surface area contributed by atoms with Gasteiger partial charge in [-0.25, -0.2) is 0 Å². The van der Waals surface area contributed by atoms with Gasteiger partial charge in [-0.05, 0) is 56.5 Å². The molecule has 0 amide bonds. The predicted molar refractivity (Wildman–Crippen MR) is 80.4 cm³/mol. The van der Waals surface area contributed by atoms with Crippen LogP contribution in [0.15, 0.2) is 0 Å². The van der Waals surface area contributed by atoms with Crippen LogP contribution in [0.2, 0.25) is 0 Å². The first-order chi connectivity index (χ1) is 9.10. The molecule has 0 spiro atoms. The summed E-state index contributed by atoms with van der Waals surface area (Å²) in [6.07, 6.45) is 5.33. The minimum absolute atomic E-state index is 0.441. The fourth-order valence-electron chi connectivity index (χ4n) is 3.20. The molecule has 1 aliphatic heterocycles. The first kappa shape index (κ1) is 15.3. The van der Waals surface area contributed by atoms with Crippen molar-refractivity contribution >= 4 is 0 Å². The second-order valence-corrected chi connectivity index (χ2v) is 7.28. The number of nitrogens with one attached hydrogen (secondary N) is 1. The van der Waals surface area contributed by atoms with Crippen molar-refractivity contribution in [3.05, 3.63) is 0 Å². The summed E-state index contributed by atoms with van der Waals surface area (Å²) < 4.78 is 5.58. The van der Waals surface area contributed by atoms with Crippen molar-refractivity contribution in [1.29, 1.82) is 0 Å². The molecular formula is C16H32N2O. The van der Waals surface area contributed by atoms with Gasteiger partial charge in [-0.3, -0.25) is 0 Å². The molecule has 1 aliphatic carbocycles. The van der Waals surface area contributed by atoms with E-state index in [-0.39, 0.29) is 0 Å². The zero-order valence-electron chi connectivity index (χ0n) is 13.1. The highest BCUT2D eigenvalue weighted by Gasteiger charge is 2.34. The van der Waals surface area contributed by atoms with Crippen molar-refractivity contribution in [2.75, 3.05) is 46.4 Å². The van der Waals surface area contributed by atoms with Crippen molar-refractivity contribution in [2.24, 2.45) is 17.3 Å². The molecule has 2 aliphatic rings. The summed E-state index contributed by atoms with van der Waals surface area (Å²) in [7, 11) is 2.30. The minimum Gasteiger partial charge on any atom is -0.381 e. The van der Waals surface area contributed by atoms with Crippen LogP contribution in [-0.4, -0.2) is 51.3 Å². The molecular weight excluding hydrogens is 236 g/mol. The van der Waals surface area contributed by atoms with Gasteiger partial charge in [-0.1, -0.05) is 13.8 Å². The lowest BCUT2D eigenvalue weighted by Gasteiger charge is -2.40. The van der Waals surface area contributed by atoms with Gasteiger partial charge in [-0.15, -0.1) is 0 Å². The van der Waals surface area contributed by atoms with Gasteiger partial charge >= 0.3 is 0 Å². The van der Waals surface area contributed by atoms with Crippen LogP contribution in [0.4, 0.5) is 0 Å². The summed E-state index contributed by atoms with van der Waals surface area (Å²) >= 11 is 0. The van der Waals surface area contributed by atoms with E-state index in [2.05, 4.69) is 31.1 Å². The Hall–Kier alpha value is -0.120. The largest absolute Gasteiger partial charge is 0.381 e. The van der Waals surface area contributed by atoms with Gasteiger partial charge < -0.3 is 15.0 Å². The van der Waals surface area contributed by atoms with Crippen molar-refractivity contribution in [3.63, 3.8) is 0 Å². The molecule has 0 unspecified atom stereocenters. The number of rotatable bonds is 8. The Morgan fingerprint density at radius 2 is 1.95 bits per heavy atom. The third-order valence-electron chi connectivity index (χ3n) is 4.48. The molecule has 2 rings (SSSR count). The molecule has 2 fully saturated rings. The zero-order valence-corrected chi connectivity index (χ0v) is 13.1. The van der Waals surface area contributed by atoms with Crippen molar-refractivity contribution in [3.8, 4) is 0 Å². The Labute approximate surface area is 119 Å². The number of nitrogens with zero attached hydrogens (tertiary/aromatic N) is 1. The van der Waals surface area contributed by atoms with Gasteiger partial charge in [0, 0.05) is 32.8 Å². The van der Waals surface area contributed by atoms with Crippen LogP contribution in [0.5, 0.6) is 0 Å². The molecule has 3 heteroatoms. The molecule has 1 saturated carbocycles. The van der Waals surface area contributed by atoms with E-state index in [1.54, 1.807) is 0 Å². The molecule has 1 heterocycles. The molecule has 1 N–H and O–H groups in total. The highest BCUT2D eigenvalue weighted by molar-refractivity contribution is 4.88. The quantitative estimate of drug-likeness (QED) is 0.731. The molecule has 19 heavy (non-hydrogen) atoms. The summed E-state index contributed by atoms with van der Waals surface area (Å²) in [5.74, 6) is 1.73. The monoisotopic (exact) mass is 268 g/mol. The normalized spacial score (nSPS) is 23.2. The van der Waals surface area contributed by atoms with E-state index >= 15 is 0 Å². The molecule has 0 aromatic carbocycles. The average molecular weight is 268 g/mol. The first-order valence-corrected chi connectivity index (χ1v) is 8.07. The SMILES string of the molecule is CC(C)CNCC1(CN(C)CC2CC2)CCOCC1. The third-order valence-corrected chi connectivity index (χ3v) is 4.48. The van der Waals surface area contributed by atoms with Crippen molar-refractivity contribution in [1.82, 2.24) is 10.2 Å². The summed E-state index contributed by atoms with van der Waals surface area (Å²) in [5, 5.41) is 3.69. The molecule has 0 aromatic rings. The van der Waals surface area contributed by atoms with Gasteiger partial charge in [0.2, 0.25) is 0 Å². The molecule has 112 valence electrons. The molecule has 0 aromatic heterocycles. The number of ether oxygens (including phenoxy) is 1. The van der Waals surface area contributed by atoms with E-state index in [9.17, 15) is 0 Å². The summed E-state index contributed by atoms with van der Waals surface area (Å²) in [6, 6.07) is 0. The molecule has 1 saturated heterocycles. The Balaban J connectivity index is 1.81. The maximum absolute atomic E-state index is 5.58.